The molecular formula is C19H15F3N4O3. The number of rotatable bonds is 5. The molecule has 1 heterocycles. The lowest BCUT2D eigenvalue weighted by molar-refractivity contribution is -0.388. The third-order valence-corrected chi connectivity index (χ3v) is 4.20. The van der Waals surface area contributed by atoms with Crippen LogP contribution in [-0.2, 0) is 17.5 Å². The van der Waals surface area contributed by atoms with Gasteiger partial charge in [-0.15, -0.1) is 0 Å². The van der Waals surface area contributed by atoms with Crippen LogP contribution < -0.4 is 5.32 Å². The Balaban J connectivity index is 1.75. The monoisotopic (exact) mass is 404 g/mol. The zero-order chi connectivity index (χ0) is 21.2. The summed E-state index contributed by atoms with van der Waals surface area (Å²) in [4.78, 5) is 22.0. The molecule has 1 aromatic heterocycles. The minimum absolute atomic E-state index is 0.350. The summed E-state index contributed by atoms with van der Waals surface area (Å²) in [6.45, 7) is 0.519. The first kappa shape index (κ1) is 20.1. The summed E-state index contributed by atoms with van der Waals surface area (Å²) in [6, 6.07) is 16.4. The highest BCUT2D eigenvalue weighted by Crippen LogP contribution is 2.36. The number of halogens is 3. The van der Waals surface area contributed by atoms with E-state index in [1.807, 2.05) is 30.3 Å². The van der Waals surface area contributed by atoms with Gasteiger partial charge in [-0.2, -0.15) is 18.3 Å². The van der Waals surface area contributed by atoms with Crippen LogP contribution in [0.1, 0.15) is 11.4 Å². The zero-order valence-corrected chi connectivity index (χ0v) is 15.1. The number of nitro groups is 1. The van der Waals surface area contributed by atoms with E-state index in [0.29, 0.717) is 10.4 Å². The van der Waals surface area contributed by atoms with E-state index in [1.165, 1.54) is 0 Å². The average molecular weight is 404 g/mol. The van der Waals surface area contributed by atoms with Crippen LogP contribution in [0.4, 0.5) is 24.5 Å². The van der Waals surface area contributed by atoms with Crippen molar-refractivity contribution in [3.05, 3.63) is 76.1 Å². The lowest BCUT2D eigenvalue weighted by Gasteiger charge is -2.08. The van der Waals surface area contributed by atoms with E-state index in [4.69, 9.17) is 0 Å². The zero-order valence-electron chi connectivity index (χ0n) is 15.1. The van der Waals surface area contributed by atoms with Gasteiger partial charge in [0.15, 0.2) is 0 Å². The molecule has 2 aromatic carbocycles. The number of aromatic nitrogens is 2. The number of anilines is 1. The molecule has 0 saturated carbocycles. The molecule has 29 heavy (non-hydrogen) atoms. The molecule has 7 nitrogen and oxygen atoms in total. The number of amides is 1. The molecule has 0 radical (unpaired) electrons. The maximum Gasteiger partial charge on any atom is 0.442 e. The van der Waals surface area contributed by atoms with Crippen molar-refractivity contribution in [1.29, 1.82) is 0 Å². The van der Waals surface area contributed by atoms with Crippen LogP contribution in [0, 0.1) is 17.0 Å². The van der Waals surface area contributed by atoms with Crippen LogP contribution in [0.3, 0.4) is 0 Å². The van der Waals surface area contributed by atoms with Crippen molar-refractivity contribution in [2.24, 2.45) is 0 Å². The fourth-order valence-corrected chi connectivity index (χ4v) is 2.81. The Kier molecular flexibility index (Phi) is 5.35. The standard InChI is InChI=1S/C19H15F3N4O3/c1-12-17(26(28)29)18(19(20,21)22)24-25(12)11-16(27)23-15-9-7-14(8-10-15)13-5-3-2-4-6-13/h2-10H,11H2,1H3,(H,23,27). The van der Waals surface area contributed by atoms with Gasteiger partial charge in [-0.25, -0.2) is 0 Å². The van der Waals surface area contributed by atoms with Gasteiger partial charge in [0.2, 0.25) is 11.6 Å². The Morgan fingerprint density at radius 2 is 1.69 bits per heavy atom. The molecule has 1 amide bonds. The van der Waals surface area contributed by atoms with Gasteiger partial charge in [0, 0.05) is 5.69 Å². The van der Waals surface area contributed by atoms with Crippen molar-refractivity contribution in [1.82, 2.24) is 9.78 Å². The number of nitrogens with one attached hydrogen (secondary N) is 1. The van der Waals surface area contributed by atoms with Gasteiger partial charge < -0.3 is 5.32 Å². The molecular weight excluding hydrogens is 389 g/mol. The van der Waals surface area contributed by atoms with Crippen LogP contribution in [0.15, 0.2) is 54.6 Å². The normalized spacial score (nSPS) is 11.3. The van der Waals surface area contributed by atoms with Crippen molar-refractivity contribution in [2.75, 3.05) is 5.32 Å². The first-order valence-corrected chi connectivity index (χ1v) is 8.41. The van der Waals surface area contributed by atoms with Crippen LogP contribution >= 0.6 is 0 Å². The van der Waals surface area contributed by atoms with E-state index in [1.54, 1.807) is 24.3 Å². The van der Waals surface area contributed by atoms with Crippen molar-refractivity contribution in [3.8, 4) is 11.1 Å². The lowest BCUT2D eigenvalue weighted by Crippen LogP contribution is -2.20. The maximum absolute atomic E-state index is 13.0. The van der Waals surface area contributed by atoms with E-state index in [2.05, 4.69) is 10.4 Å². The van der Waals surface area contributed by atoms with Gasteiger partial charge in [0.1, 0.15) is 12.2 Å². The van der Waals surface area contributed by atoms with Gasteiger partial charge in [0.25, 0.3) is 0 Å². The summed E-state index contributed by atoms with van der Waals surface area (Å²) >= 11 is 0. The quantitative estimate of drug-likeness (QED) is 0.503. The van der Waals surface area contributed by atoms with Gasteiger partial charge in [-0.1, -0.05) is 42.5 Å². The molecule has 150 valence electrons. The fraction of sp³-hybridized carbons (Fsp3) is 0.158. The molecule has 0 bridgehead atoms. The second-order valence-electron chi connectivity index (χ2n) is 6.19. The van der Waals surface area contributed by atoms with E-state index < -0.39 is 34.9 Å². The average Bonchev–Trinajstić information content (AvgIpc) is 3.00. The van der Waals surface area contributed by atoms with Crippen LogP contribution in [0.5, 0.6) is 0 Å². The molecule has 3 rings (SSSR count). The fourth-order valence-electron chi connectivity index (χ4n) is 2.81. The van der Waals surface area contributed by atoms with Crippen molar-refractivity contribution in [2.45, 2.75) is 19.6 Å². The van der Waals surface area contributed by atoms with E-state index in [0.717, 1.165) is 18.1 Å². The molecule has 0 fully saturated rings. The molecule has 3 aromatic rings. The highest BCUT2D eigenvalue weighted by Gasteiger charge is 2.44. The van der Waals surface area contributed by atoms with Crippen molar-refractivity contribution < 1.29 is 22.9 Å². The summed E-state index contributed by atoms with van der Waals surface area (Å²) < 4.78 is 39.6. The molecule has 0 spiro atoms. The number of carbonyl (C=O) groups is 1. The molecule has 0 aliphatic rings. The number of hydrogen-bond acceptors (Lipinski definition) is 4. The Labute approximate surface area is 162 Å². The van der Waals surface area contributed by atoms with Gasteiger partial charge >= 0.3 is 11.9 Å². The smallest absolute Gasteiger partial charge is 0.324 e. The number of hydrogen-bond donors (Lipinski definition) is 1. The molecule has 0 aliphatic carbocycles. The predicted molar refractivity (Wildman–Crippen MR) is 99.1 cm³/mol. The van der Waals surface area contributed by atoms with Gasteiger partial charge in [-0.3, -0.25) is 19.6 Å². The first-order chi connectivity index (χ1) is 13.7. The lowest BCUT2D eigenvalue weighted by atomic mass is 10.1. The molecule has 0 atom stereocenters. The van der Waals surface area contributed by atoms with Crippen LogP contribution in [-0.4, -0.2) is 20.6 Å². The third kappa shape index (κ3) is 4.42. The van der Waals surface area contributed by atoms with Crippen LogP contribution in [0.25, 0.3) is 11.1 Å². The van der Waals surface area contributed by atoms with E-state index >= 15 is 0 Å². The topological polar surface area (TPSA) is 90.1 Å². The third-order valence-electron chi connectivity index (χ3n) is 4.20. The highest BCUT2D eigenvalue weighted by molar-refractivity contribution is 5.90. The number of alkyl halides is 3. The molecule has 0 unspecified atom stereocenters. The molecule has 0 aliphatic heterocycles. The van der Waals surface area contributed by atoms with E-state index in [-0.39, 0.29) is 5.69 Å². The second kappa shape index (κ2) is 7.74. The van der Waals surface area contributed by atoms with Crippen molar-refractivity contribution >= 4 is 17.3 Å². The first-order valence-electron chi connectivity index (χ1n) is 8.41. The SMILES string of the molecule is Cc1c([N+](=O)[O-])c(C(F)(F)F)nn1CC(=O)Nc1ccc(-c2ccccc2)cc1. The summed E-state index contributed by atoms with van der Waals surface area (Å²) in [5.74, 6) is -0.660. The summed E-state index contributed by atoms with van der Waals surface area (Å²) in [5.41, 5.74) is -0.777. The molecule has 0 saturated heterocycles. The summed E-state index contributed by atoms with van der Waals surface area (Å²) in [5, 5.41) is 16.7. The predicted octanol–water partition coefficient (Wildman–Crippen LogP) is 4.42. The minimum Gasteiger partial charge on any atom is -0.324 e. The second-order valence-corrected chi connectivity index (χ2v) is 6.19. The Morgan fingerprint density at radius 3 is 2.21 bits per heavy atom. The number of benzene rings is 2. The molecule has 10 heteroatoms. The summed E-state index contributed by atoms with van der Waals surface area (Å²) in [6.07, 6.45) is -5.00. The number of nitrogens with zero attached hydrogens (tertiary/aromatic N) is 3. The molecule has 1 N–H and O–H groups in total. The van der Waals surface area contributed by atoms with Gasteiger partial charge in [-0.05, 0) is 30.2 Å². The van der Waals surface area contributed by atoms with Crippen molar-refractivity contribution in [3.63, 3.8) is 0 Å². The maximum atomic E-state index is 13.0. The Hall–Kier alpha value is -3.69. The Bertz CT molecular complexity index is 1050. The highest BCUT2D eigenvalue weighted by atomic mass is 19.4. The van der Waals surface area contributed by atoms with Gasteiger partial charge in [0.05, 0.1) is 4.92 Å². The summed E-state index contributed by atoms with van der Waals surface area (Å²) in [7, 11) is 0. The Morgan fingerprint density at radius 1 is 1.10 bits per heavy atom. The minimum atomic E-state index is -5.00. The van der Waals surface area contributed by atoms with E-state index in [9.17, 15) is 28.1 Å². The largest absolute Gasteiger partial charge is 0.442 e. The van der Waals surface area contributed by atoms with Crippen LogP contribution in [0.2, 0.25) is 0 Å². The number of carbonyl (C=O) groups excluding carboxylic acids is 1.